The van der Waals surface area contributed by atoms with Gasteiger partial charge in [0.2, 0.25) is 5.91 Å². The molecule has 1 aliphatic rings. The molecule has 2 heterocycles. The lowest BCUT2D eigenvalue weighted by Gasteiger charge is -2.40. The van der Waals surface area contributed by atoms with E-state index in [-0.39, 0.29) is 24.5 Å². The molecular weight excluding hydrogens is 424 g/mol. The molecule has 0 fully saturated rings. The summed E-state index contributed by atoms with van der Waals surface area (Å²) in [5.74, 6) is 0.856. The molecule has 32 heavy (non-hydrogen) atoms. The third-order valence-electron chi connectivity index (χ3n) is 6.34. The summed E-state index contributed by atoms with van der Waals surface area (Å²) in [4.78, 5) is 18.8. The van der Waals surface area contributed by atoms with Crippen LogP contribution in [0.5, 0.6) is 5.75 Å². The lowest BCUT2D eigenvalue weighted by atomic mass is 9.98. The van der Waals surface area contributed by atoms with Crippen molar-refractivity contribution in [1.29, 1.82) is 0 Å². The van der Waals surface area contributed by atoms with Crippen LogP contribution in [0.15, 0.2) is 35.7 Å². The molecule has 0 bridgehead atoms. The third kappa shape index (κ3) is 6.10. The normalized spacial score (nSPS) is 17.3. The molecule has 1 N–H and O–H groups in total. The summed E-state index contributed by atoms with van der Waals surface area (Å²) >= 11 is 1.75. The van der Waals surface area contributed by atoms with E-state index >= 15 is 0 Å². The zero-order chi connectivity index (χ0) is 23.3. The summed E-state index contributed by atoms with van der Waals surface area (Å²) in [6, 6.07) is 9.80. The Hall–Kier alpha value is -1.93. The van der Waals surface area contributed by atoms with Crippen LogP contribution in [0.25, 0.3) is 0 Å². The average molecular weight is 461 g/mol. The van der Waals surface area contributed by atoms with Crippen molar-refractivity contribution in [3.63, 3.8) is 0 Å². The first-order valence-electron chi connectivity index (χ1n) is 11.2. The maximum absolute atomic E-state index is 13.5. The van der Waals surface area contributed by atoms with Crippen LogP contribution in [0.3, 0.4) is 0 Å². The van der Waals surface area contributed by atoms with Crippen molar-refractivity contribution < 1.29 is 19.4 Å². The number of fused-ring (bicyclic) bond motifs is 1. The van der Waals surface area contributed by atoms with Crippen molar-refractivity contribution in [3.8, 4) is 5.75 Å². The van der Waals surface area contributed by atoms with Gasteiger partial charge >= 0.3 is 0 Å². The Kier molecular flexibility index (Phi) is 8.33. The van der Waals surface area contributed by atoms with E-state index in [1.54, 1.807) is 32.3 Å². The van der Waals surface area contributed by atoms with E-state index < -0.39 is 5.60 Å². The molecule has 2 aromatic rings. The van der Waals surface area contributed by atoms with Gasteiger partial charge in [0, 0.05) is 31.1 Å². The van der Waals surface area contributed by atoms with Gasteiger partial charge in [-0.15, -0.1) is 11.3 Å². The first kappa shape index (κ1) is 24.7. The second kappa shape index (κ2) is 10.8. The SMILES string of the molecule is COCCN(CC(=O)N1CCc2sccc2[C@H]1COc1ccc(C)cc1)[C@@H](C)C(C)(C)O. The van der Waals surface area contributed by atoms with Crippen LogP contribution < -0.4 is 4.74 Å². The van der Waals surface area contributed by atoms with Crippen LogP contribution in [0.1, 0.15) is 42.8 Å². The van der Waals surface area contributed by atoms with Gasteiger partial charge in [-0.25, -0.2) is 0 Å². The largest absolute Gasteiger partial charge is 0.491 e. The average Bonchev–Trinajstić information content (AvgIpc) is 3.24. The van der Waals surface area contributed by atoms with Gasteiger partial charge in [0.05, 0.1) is 24.8 Å². The number of carbonyl (C=O) groups excluding carboxylic acids is 1. The molecule has 1 aromatic carbocycles. The van der Waals surface area contributed by atoms with E-state index in [1.807, 2.05) is 47.9 Å². The minimum Gasteiger partial charge on any atom is -0.491 e. The molecule has 0 spiro atoms. The number of thiophene rings is 1. The summed E-state index contributed by atoms with van der Waals surface area (Å²) in [5, 5.41) is 12.6. The lowest BCUT2D eigenvalue weighted by molar-refractivity contribution is -0.138. The van der Waals surface area contributed by atoms with Gasteiger partial charge in [-0.1, -0.05) is 17.7 Å². The standard InChI is InChI=1S/C25H36N2O4S/c1-18-6-8-20(9-7-18)31-17-22-21-11-15-32-23(21)10-12-27(22)24(28)16-26(13-14-30-5)19(2)25(3,4)29/h6-9,11,15,19,22,29H,10,12-14,16-17H2,1-5H3/t19-,22+/m0/s1. The third-order valence-corrected chi connectivity index (χ3v) is 7.33. The number of methoxy groups -OCH3 is 1. The first-order valence-corrected chi connectivity index (χ1v) is 12.1. The van der Waals surface area contributed by atoms with Crippen molar-refractivity contribution in [3.05, 3.63) is 51.7 Å². The van der Waals surface area contributed by atoms with Gasteiger partial charge in [0.25, 0.3) is 0 Å². The van der Waals surface area contributed by atoms with Crippen molar-refractivity contribution in [2.24, 2.45) is 0 Å². The number of amides is 1. The highest BCUT2D eigenvalue weighted by molar-refractivity contribution is 7.10. The van der Waals surface area contributed by atoms with Crippen molar-refractivity contribution in [1.82, 2.24) is 9.80 Å². The molecule has 6 nitrogen and oxygen atoms in total. The first-order chi connectivity index (χ1) is 15.2. The molecule has 0 aliphatic carbocycles. The molecule has 0 radical (unpaired) electrons. The van der Waals surface area contributed by atoms with Crippen LogP contribution in [0.2, 0.25) is 0 Å². The highest BCUT2D eigenvalue weighted by Crippen LogP contribution is 2.34. The van der Waals surface area contributed by atoms with Crippen molar-refractivity contribution >= 4 is 17.2 Å². The fourth-order valence-corrected chi connectivity index (χ4v) is 4.94. The van der Waals surface area contributed by atoms with Crippen LogP contribution in [0.4, 0.5) is 0 Å². The summed E-state index contributed by atoms with van der Waals surface area (Å²) < 4.78 is 11.4. The number of hydrogen-bond donors (Lipinski definition) is 1. The second-order valence-electron chi connectivity index (χ2n) is 9.07. The van der Waals surface area contributed by atoms with Crippen LogP contribution in [-0.4, -0.2) is 72.4 Å². The molecule has 0 saturated heterocycles. The van der Waals surface area contributed by atoms with Gasteiger partial charge in [-0.05, 0) is 63.3 Å². The van der Waals surface area contributed by atoms with Gasteiger partial charge < -0.3 is 19.5 Å². The molecule has 7 heteroatoms. The Morgan fingerprint density at radius 1 is 1.31 bits per heavy atom. The van der Waals surface area contributed by atoms with Crippen molar-refractivity contribution in [2.75, 3.05) is 40.0 Å². The molecule has 0 saturated carbocycles. The Labute approximate surface area is 195 Å². The van der Waals surface area contributed by atoms with E-state index in [9.17, 15) is 9.90 Å². The molecular formula is C25H36N2O4S. The minimum absolute atomic E-state index is 0.0477. The maximum Gasteiger partial charge on any atom is 0.237 e. The molecule has 3 rings (SSSR count). The van der Waals surface area contributed by atoms with E-state index in [0.29, 0.717) is 26.3 Å². The Morgan fingerprint density at radius 2 is 2.03 bits per heavy atom. The van der Waals surface area contributed by atoms with Crippen LogP contribution in [0, 0.1) is 6.92 Å². The Morgan fingerprint density at radius 3 is 2.69 bits per heavy atom. The number of carbonyl (C=O) groups is 1. The van der Waals surface area contributed by atoms with Gasteiger partial charge in [-0.3, -0.25) is 9.69 Å². The highest BCUT2D eigenvalue weighted by atomic mass is 32.1. The monoisotopic (exact) mass is 460 g/mol. The summed E-state index contributed by atoms with van der Waals surface area (Å²) in [5.41, 5.74) is 1.44. The molecule has 0 unspecified atom stereocenters. The molecule has 2 atom stereocenters. The number of aliphatic hydroxyl groups is 1. The van der Waals surface area contributed by atoms with Gasteiger partial charge in [-0.2, -0.15) is 0 Å². The number of ether oxygens (including phenoxy) is 2. The number of benzene rings is 1. The predicted molar refractivity (Wildman–Crippen MR) is 128 cm³/mol. The number of hydrogen-bond acceptors (Lipinski definition) is 6. The van der Waals surface area contributed by atoms with E-state index in [0.717, 1.165) is 12.2 Å². The van der Waals surface area contributed by atoms with E-state index in [4.69, 9.17) is 9.47 Å². The van der Waals surface area contributed by atoms with Crippen LogP contribution >= 0.6 is 11.3 Å². The molecule has 1 amide bonds. The Balaban J connectivity index is 1.76. The second-order valence-corrected chi connectivity index (χ2v) is 10.1. The van der Waals surface area contributed by atoms with Crippen LogP contribution in [-0.2, 0) is 16.0 Å². The fourth-order valence-electron chi connectivity index (χ4n) is 4.01. The molecule has 1 aliphatic heterocycles. The maximum atomic E-state index is 13.5. The van der Waals surface area contributed by atoms with E-state index in [2.05, 4.69) is 11.4 Å². The quantitative estimate of drug-likeness (QED) is 0.586. The molecule has 176 valence electrons. The smallest absolute Gasteiger partial charge is 0.237 e. The number of aryl methyl sites for hydroxylation is 1. The van der Waals surface area contributed by atoms with Gasteiger partial charge in [0.1, 0.15) is 12.4 Å². The highest BCUT2D eigenvalue weighted by Gasteiger charge is 2.35. The topological polar surface area (TPSA) is 62.2 Å². The summed E-state index contributed by atoms with van der Waals surface area (Å²) in [7, 11) is 1.65. The fraction of sp³-hybridized carbons (Fsp3) is 0.560. The van der Waals surface area contributed by atoms with E-state index in [1.165, 1.54) is 16.0 Å². The zero-order valence-corrected chi connectivity index (χ0v) is 20.7. The zero-order valence-electron chi connectivity index (χ0n) is 19.8. The summed E-state index contributed by atoms with van der Waals surface area (Å²) in [6.45, 7) is 9.95. The minimum atomic E-state index is -0.926. The summed E-state index contributed by atoms with van der Waals surface area (Å²) in [6.07, 6.45) is 0.860. The molecule has 1 aromatic heterocycles. The predicted octanol–water partition coefficient (Wildman–Crippen LogP) is 3.67. The lowest BCUT2D eigenvalue weighted by Crippen LogP contribution is -2.53. The Bertz CT molecular complexity index is 875. The number of rotatable bonds is 10. The van der Waals surface area contributed by atoms with Gasteiger partial charge in [0.15, 0.2) is 0 Å². The number of nitrogens with zero attached hydrogens (tertiary/aromatic N) is 2. The van der Waals surface area contributed by atoms with Crippen molar-refractivity contribution in [2.45, 2.75) is 51.8 Å².